The van der Waals surface area contributed by atoms with Crippen LogP contribution in [0.15, 0.2) is 30.5 Å². The number of aromatic nitrogens is 1. The Morgan fingerprint density at radius 3 is 2.81 bits per heavy atom. The third kappa shape index (κ3) is 3.36. The summed E-state index contributed by atoms with van der Waals surface area (Å²) in [6.45, 7) is 5.18. The van der Waals surface area contributed by atoms with E-state index in [9.17, 15) is 4.79 Å². The molecule has 114 valence electrons. The SMILES string of the molecule is CC(NC(=O)N(C)CCN)[C@H](C)c1c[nH]c2ccccc12. The van der Waals surface area contributed by atoms with Gasteiger partial charge in [-0.05, 0) is 18.6 Å². The lowest BCUT2D eigenvalue weighted by atomic mass is 9.94. The van der Waals surface area contributed by atoms with Gasteiger partial charge < -0.3 is 20.9 Å². The van der Waals surface area contributed by atoms with E-state index in [4.69, 9.17) is 5.73 Å². The van der Waals surface area contributed by atoms with Crippen LogP contribution < -0.4 is 11.1 Å². The van der Waals surface area contributed by atoms with Crippen LogP contribution in [0.25, 0.3) is 10.9 Å². The van der Waals surface area contributed by atoms with Gasteiger partial charge >= 0.3 is 6.03 Å². The third-order valence-electron chi connectivity index (χ3n) is 4.02. The van der Waals surface area contributed by atoms with Gasteiger partial charge in [0.2, 0.25) is 0 Å². The molecule has 2 atom stereocenters. The number of urea groups is 1. The Morgan fingerprint density at radius 2 is 2.10 bits per heavy atom. The Kier molecular flexibility index (Phi) is 4.85. The predicted molar refractivity (Wildman–Crippen MR) is 86.4 cm³/mol. The third-order valence-corrected chi connectivity index (χ3v) is 4.02. The highest BCUT2D eigenvalue weighted by atomic mass is 16.2. The van der Waals surface area contributed by atoms with Crippen molar-refractivity contribution in [3.63, 3.8) is 0 Å². The largest absolute Gasteiger partial charge is 0.361 e. The molecule has 1 unspecified atom stereocenters. The average Bonchev–Trinajstić information content (AvgIpc) is 2.90. The zero-order chi connectivity index (χ0) is 15.4. The molecule has 1 aromatic heterocycles. The first-order valence-corrected chi connectivity index (χ1v) is 7.32. The van der Waals surface area contributed by atoms with Crippen LogP contribution >= 0.6 is 0 Å². The minimum absolute atomic E-state index is 0.0388. The molecule has 1 heterocycles. The minimum Gasteiger partial charge on any atom is -0.361 e. The molecular weight excluding hydrogens is 264 g/mol. The molecule has 0 saturated heterocycles. The molecule has 5 heteroatoms. The summed E-state index contributed by atoms with van der Waals surface area (Å²) < 4.78 is 0. The lowest BCUT2D eigenvalue weighted by Crippen LogP contribution is -2.45. The van der Waals surface area contributed by atoms with Crippen LogP contribution in [-0.4, -0.2) is 42.1 Å². The summed E-state index contributed by atoms with van der Waals surface area (Å²) in [5.74, 6) is 0.219. The van der Waals surface area contributed by atoms with Crippen LogP contribution in [0, 0.1) is 0 Å². The van der Waals surface area contributed by atoms with Crippen LogP contribution in [0.5, 0.6) is 0 Å². The Balaban J connectivity index is 2.09. The number of hydrogen-bond donors (Lipinski definition) is 3. The van der Waals surface area contributed by atoms with Gasteiger partial charge in [0.25, 0.3) is 0 Å². The highest BCUT2D eigenvalue weighted by molar-refractivity contribution is 5.83. The van der Waals surface area contributed by atoms with Gasteiger partial charge in [-0.2, -0.15) is 0 Å². The zero-order valence-electron chi connectivity index (χ0n) is 12.9. The molecule has 0 aliphatic heterocycles. The van der Waals surface area contributed by atoms with Crippen molar-refractivity contribution < 1.29 is 4.79 Å². The van der Waals surface area contributed by atoms with E-state index in [0.717, 1.165) is 5.52 Å². The Morgan fingerprint density at radius 1 is 1.38 bits per heavy atom. The van der Waals surface area contributed by atoms with E-state index in [2.05, 4.69) is 29.4 Å². The van der Waals surface area contributed by atoms with Crippen LogP contribution in [0.2, 0.25) is 0 Å². The fourth-order valence-corrected chi connectivity index (χ4v) is 2.47. The molecule has 0 fully saturated rings. The van der Waals surface area contributed by atoms with E-state index in [1.54, 1.807) is 11.9 Å². The molecule has 0 spiro atoms. The monoisotopic (exact) mass is 288 g/mol. The minimum atomic E-state index is -0.0837. The molecule has 0 aliphatic carbocycles. The van der Waals surface area contributed by atoms with E-state index in [0.29, 0.717) is 13.1 Å². The number of nitrogens with zero attached hydrogens (tertiary/aromatic N) is 1. The maximum Gasteiger partial charge on any atom is 0.317 e. The molecule has 2 rings (SSSR count). The highest BCUT2D eigenvalue weighted by Crippen LogP contribution is 2.27. The van der Waals surface area contributed by atoms with Crippen molar-refractivity contribution in [3.8, 4) is 0 Å². The van der Waals surface area contributed by atoms with Gasteiger partial charge in [0.1, 0.15) is 0 Å². The molecule has 0 aliphatic rings. The van der Waals surface area contributed by atoms with Gasteiger partial charge in [0.15, 0.2) is 0 Å². The van der Waals surface area contributed by atoms with Crippen molar-refractivity contribution in [1.82, 2.24) is 15.2 Å². The second-order valence-corrected chi connectivity index (χ2v) is 5.53. The number of carbonyl (C=O) groups is 1. The number of nitrogens with two attached hydrogens (primary N) is 1. The van der Waals surface area contributed by atoms with Gasteiger partial charge in [0.05, 0.1) is 0 Å². The molecule has 2 aromatic rings. The number of benzene rings is 1. The van der Waals surface area contributed by atoms with E-state index in [1.807, 2.05) is 25.3 Å². The first-order chi connectivity index (χ1) is 10.0. The number of aromatic amines is 1. The normalized spacial score (nSPS) is 13.9. The number of para-hydroxylation sites is 1. The van der Waals surface area contributed by atoms with Crippen LogP contribution in [0.1, 0.15) is 25.3 Å². The Bertz CT molecular complexity index is 607. The number of rotatable bonds is 5. The van der Waals surface area contributed by atoms with Crippen LogP contribution in [-0.2, 0) is 0 Å². The number of amides is 2. The molecule has 1 aromatic carbocycles. The maximum absolute atomic E-state index is 12.0. The van der Waals surface area contributed by atoms with Crippen LogP contribution in [0.4, 0.5) is 4.79 Å². The van der Waals surface area contributed by atoms with Crippen molar-refractivity contribution >= 4 is 16.9 Å². The van der Waals surface area contributed by atoms with E-state index in [-0.39, 0.29) is 18.0 Å². The number of fused-ring (bicyclic) bond motifs is 1. The van der Waals surface area contributed by atoms with Crippen molar-refractivity contribution in [3.05, 3.63) is 36.0 Å². The van der Waals surface area contributed by atoms with Crippen molar-refractivity contribution in [2.45, 2.75) is 25.8 Å². The van der Waals surface area contributed by atoms with Gasteiger partial charge in [-0.1, -0.05) is 25.1 Å². The molecule has 21 heavy (non-hydrogen) atoms. The molecule has 0 saturated carbocycles. The summed E-state index contributed by atoms with van der Waals surface area (Å²) in [5, 5.41) is 4.24. The molecule has 0 radical (unpaired) electrons. The second kappa shape index (κ2) is 6.63. The molecule has 4 N–H and O–H groups in total. The van der Waals surface area contributed by atoms with Gasteiger partial charge in [-0.15, -0.1) is 0 Å². The molecule has 2 amide bonds. The van der Waals surface area contributed by atoms with Gasteiger partial charge in [-0.25, -0.2) is 4.79 Å². The summed E-state index contributed by atoms with van der Waals surface area (Å²) in [6, 6.07) is 8.16. The summed E-state index contributed by atoms with van der Waals surface area (Å²) in [5.41, 5.74) is 7.82. The number of likely N-dealkylation sites (N-methyl/N-ethyl adjacent to an activating group) is 1. The standard InChI is InChI=1S/C16H24N4O/c1-11(12(2)19-16(21)20(3)9-8-17)14-10-18-15-7-5-4-6-13(14)15/h4-7,10-12,18H,8-9,17H2,1-3H3,(H,19,21)/t11-,12?/m0/s1. The fraction of sp³-hybridized carbons (Fsp3) is 0.438. The first kappa shape index (κ1) is 15.4. The first-order valence-electron chi connectivity index (χ1n) is 7.32. The fourth-order valence-electron chi connectivity index (χ4n) is 2.47. The highest BCUT2D eigenvalue weighted by Gasteiger charge is 2.20. The number of carbonyl (C=O) groups excluding carboxylic acids is 1. The van der Waals surface area contributed by atoms with Crippen LogP contribution in [0.3, 0.4) is 0 Å². The smallest absolute Gasteiger partial charge is 0.317 e. The van der Waals surface area contributed by atoms with Gasteiger partial charge in [0, 0.05) is 49.2 Å². The average molecular weight is 288 g/mol. The van der Waals surface area contributed by atoms with Crippen molar-refractivity contribution in [2.24, 2.45) is 5.73 Å². The summed E-state index contributed by atoms with van der Waals surface area (Å²) in [4.78, 5) is 16.9. The maximum atomic E-state index is 12.0. The lowest BCUT2D eigenvalue weighted by molar-refractivity contribution is 0.205. The van der Waals surface area contributed by atoms with Gasteiger partial charge in [-0.3, -0.25) is 0 Å². The van der Waals surface area contributed by atoms with Crippen molar-refractivity contribution in [1.29, 1.82) is 0 Å². The molecular formula is C16H24N4O. The van der Waals surface area contributed by atoms with E-state index < -0.39 is 0 Å². The summed E-state index contributed by atoms with van der Waals surface area (Å²) >= 11 is 0. The zero-order valence-corrected chi connectivity index (χ0v) is 12.9. The summed E-state index contributed by atoms with van der Waals surface area (Å²) in [7, 11) is 1.76. The second-order valence-electron chi connectivity index (χ2n) is 5.53. The number of nitrogens with one attached hydrogen (secondary N) is 2. The Hall–Kier alpha value is -2.01. The van der Waals surface area contributed by atoms with E-state index in [1.165, 1.54) is 10.9 Å². The number of hydrogen-bond acceptors (Lipinski definition) is 2. The topological polar surface area (TPSA) is 74.2 Å². The predicted octanol–water partition coefficient (Wildman–Crippen LogP) is 2.26. The quantitative estimate of drug-likeness (QED) is 0.789. The lowest BCUT2D eigenvalue weighted by Gasteiger charge is -2.25. The summed E-state index contributed by atoms with van der Waals surface area (Å²) in [6.07, 6.45) is 2.03. The van der Waals surface area contributed by atoms with E-state index >= 15 is 0 Å². The van der Waals surface area contributed by atoms with Crippen molar-refractivity contribution in [2.75, 3.05) is 20.1 Å². The number of H-pyrrole nitrogens is 1. The molecule has 0 bridgehead atoms. The molecule has 5 nitrogen and oxygen atoms in total. The Labute approximate surface area is 125 Å².